The van der Waals surface area contributed by atoms with Gasteiger partial charge < -0.3 is 0 Å². The molecular formula is C11H15ClN2S. The lowest BCUT2D eigenvalue weighted by Gasteiger charge is -2.11. The maximum Gasteiger partial charge on any atom is 0.193 e. The average Bonchev–Trinajstić information content (AvgIpc) is 2.72. The molecule has 15 heavy (non-hydrogen) atoms. The Kier molecular flexibility index (Phi) is 3.32. The summed E-state index contributed by atoms with van der Waals surface area (Å²) < 4.78 is 2.07. The Morgan fingerprint density at radius 3 is 3.00 bits per heavy atom. The molecule has 0 saturated heterocycles. The van der Waals surface area contributed by atoms with Crippen LogP contribution in [0.15, 0.2) is 17.8 Å². The molecule has 0 spiro atoms. The maximum atomic E-state index is 6.21. The first-order chi connectivity index (χ1) is 7.16. The summed E-state index contributed by atoms with van der Waals surface area (Å²) in [6.45, 7) is 4.31. The zero-order valence-corrected chi connectivity index (χ0v) is 10.6. The van der Waals surface area contributed by atoms with Crippen molar-refractivity contribution in [2.75, 3.05) is 0 Å². The summed E-state index contributed by atoms with van der Waals surface area (Å²) in [4.78, 5) is 5.60. The van der Waals surface area contributed by atoms with Gasteiger partial charge in [0.05, 0.1) is 5.69 Å². The van der Waals surface area contributed by atoms with Gasteiger partial charge in [0.25, 0.3) is 0 Å². The van der Waals surface area contributed by atoms with Gasteiger partial charge >= 0.3 is 0 Å². The van der Waals surface area contributed by atoms with E-state index in [1.165, 1.54) is 0 Å². The Balaban J connectivity index is 1.98. The van der Waals surface area contributed by atoms with Crippen molar-refractivity contribution in [3.05, 3.63) is 23.5 Å². The zero-order valence-electron chi connectivity index (χ0n) is 8.98. The third-order valence-corrected chi connectivity index (χ3v) is 4.04. The summed E-state index contributed by atoms with van der Waals surface area (Å²) in [5.41, 5.74) is 1.15. The number of hydrogen-bond acceptors (Lipinski definition) is 2. The first-order valence-corrected chi connectivity index (χ1v) is 6.53. The zero-order chi connectivity index (χ0) is 10.8. The number of fused-ring (bicyclic) bond motifs is 1. The molecule has 0 fully saturated rings. The largest absolute Gasteiger partial charge is 0.297 e. The number of thiazole rings is 1. The van der Waals surface area contributed by atoms with Crippen LogP contribution in [0.4, 0.5) is 0 Å². The Morgan fingerprint density at radius 2 is 2.33 bits per heavy atom. The predicted molar refractivity (Wildman–Crippen MR) is 65.9 cm³/mol. The molecule has 2 aromatic rings. The summed E-state index contributed by atoms with van der Waals surface area (Å²) in [5.74, 6) is 0.537. The lowest BCUT2D eigenvalue weighted by molar-refractivity contribution is 0.563. The van der Waals surface area contributed by atoms with Gasteiger partial charge in [-0.1, -0.05) is 13.8 Å². The van der Waals surface area contributed by atoms with E-state index in [0.717, 1.165) is 23.5 Å². The maximum absolute atomic E-state index is 6.21. The van der Waals surface area contributed by atoms with E-state index in [1.54, 1.807) is 11.3 Å². The summed E-state index contributed by atoms with van der Waals surface area (Å²) in [6.07, 6.45) is 6.11. The SMILES string of the molecule is CC(C)C(Cl)CCc1cn2ccsc2n1. The highest BCUT2D eigenvalue weighted by Crippen LogP contribution is 2.18. The standard InChI is InChI=1S/C11H15ClN2S/c1-8(2)10(12)4-3-9-7-14-5-6-15-11(14)13-9/h5-8,10H,3-4H2,1-2H3. The van der Waals surface area contributed by atoms with Crippen LogP contribution in [0.1, 0.15) is 26.0 Å². The topological polar surface area (TPSA) is 17.3 Å². The third kappa shape index (κ3) is 2.52. The van der Waals surface area contributed by atoms with E-state index >= 15 is 0 Å². The van der Waals surface area contributed by atoms with E-state index in [1.807, 2.05) is 11.6 Å². The highest BCUT2D eigenvalue weighted by Gasteiger charge is 2.10. The Labute approximate surface area is 98.9 Å². The molecule has 0 saturated carbocycles. The van der Waals surface area contributed by atoms with Crippen molar-refractivity contribution in [3.63, 3.8) is 0 Å². The normalized spacial score (nSPS) is 13.9. The van der Waals surface area contributed by atoms with Crippen molar-refractivity contribution in [3.8, 4) is 0 Å². The number of rotatable bonds is 4. The number of aromatic nitrogens is 2. The van der Waals surface area contributed by atoms with Gasteiger partial charge in [0.1, 0.15) is 0 Å². The van der Waals surface area contributed by atoms with E-state index in [-0.39, 0.29) is 5.38 Å². The molecule has 1 unspecified atom stereocenters. The molecule has 2 rings (SSSR count). The van der Waals surface area contributed by atoms with Crippen LogP contribution in [0.5, 0.6) is 0 Å². The Morgan fingerprint density at radius 1 is 1.53 bits per heavy atom. The minimum atomic E-state index is 0.254. The summed E-state index contributed by atoms with van der Waals surface area (Å²) in [5, 5.41) is 2.30. The van der Waals surface area contributed by atoms with Crippen LogP contribution in [-0.2, 0) is 6.42 Å². The molecule has 0 N–H and O–H groups in total. The van der Waals surface area contributed by atoms with Crippen LogP contribution in [-0.4, -0.2) is 14.8 Å². The van der Waals surface area contributed by atoms with Gasteiger partial charge in [-0.3, -0.25) is 4.40 Å². The van der Waals surface area contributed by atoms with Crippen LogP contribution in [0.25, 0.3) is 4.96 Å². The smallest absolute Gasteiger partial charge is 0.193 e. The fraction of sp³-hybridized carbons (Fsp3) is 0.545. The predicted octanol–water partition coefficient (Wildman–Crippen LogP) is 3.59. The van der Waals surface area contributed by atoms with Gasteiger partial charge in [0.15, 0.2) is 4.96 Å². The van der Waals surface area contributed by atoms with Gasteiger partial charge in [0, 0.05) is 23.2 Å². The minimum absolute atomic E-state index is 0.254. The summed E-state index contributed by atoms with van der Waals surface area (Å²) in [7, 11) is 0. The second-order valence-corrected chi connectivity index (χ2v) is 5.56. The van der Waals surface area contributed by atoms with E-state index in [0.29, 0.717) is 5.92 Å². The molecule has 0 aromatic carbocycles. The van der Waals surface area contributed by atoms with E-state index in [9.17, 15) is 0 Å². The molecule has 4 heteroatoms. The number of imidazole rings is 1. The van der Waals surface area contributed by atoms with Crippen molar-refractivity contribution in [2.24, 2.45) is 5.92 Å². The van der Waals surface area contributed by atoms with Crippen LogP contribution in [0.3, 0.4) is 0 Å². The lowest BCUT2D eigenvalue weighted by Crippen LogP contribution is -2.08. The highest BCUT2D eigenvalue weighted by atomic mass is 35.5. The first kappa shape index (κ1) is 11.0. The Hall–Kier alpha value is -0.540. The molecule has 2 nitrogen and oxygen atoms in total. The number of hydrogen-bond donors (Lipinski definition) is 0. The van der Waals surface area contributed by atoms with Crippen LogP contribution < -0.4 is 0 Å². The van der Waals surface area contributed by atoms with Crippen LogP contribution in [0.2, 0.25) is 0 Å². The van der Waals surface area contributed by atoms with E-state index < -0.39 is 0 Å². The monoisotopic (exact) mass is 242 g/mol. The second-order valence-electron chi connectivity index (χ2n) is 4.12. The fourth-order valence-corrected chi connectivity index (χ4v) is 2.34. The van der Waals surface area contributed by atoms with Crippen LogP contribution in [0, 0.1) is 5.92 Å². The Bertz CT molecular complexity index is 404. The summed E-state index contributed by atoms with van der Waals surface area (Å²) >= 11 is 7.87. The second kappa shape index (κ2) is 4.54. The van der Waals surface area contributed by atoms with E-state index in [2.05, 4.69) is 29.4 Å². The molecule has 82 valence electrons. The van der Waals surface area contributed by atoms with Gasteiger partial charge in [0.2, 0.25) is 0 Å². The number of halogens is 1. The third-order valence-electron chi connectivity index (χ3n) is 2.54. The molecule has 0 amide bonds. The van der Waals surface area contributed by atoms with E-state index in [4.69, 9.17) is 11.6 Å². The lowest BCUT2D eigenvalue weighted by atomic mass is 10.1. The summed E-state index contributed by atoms with van der Waals surface area (Å²) in [6, 6.07) is 0. The molecule has 0 bridgehead atoms. The molecule has 0 radical (unpaired) electrons. The van der Waals surface area contributed by atoms with Crippen molar-refractivity contribution in [1.29, 1.82) is 0 Å². The number of aryl methyl sites for hydroxylation is 1. The van der Waals surface area contributed by atoms with Crippen molar-refractivity contribution in [2.45, 2.75) is 32.1 Å². The van der Waals surface area contributed by atoms with Gasteiger partial charge in [-0.25, -0.2) is 4.98 Å². The molecule has 2 heterocycles. The number of alkyl halides is 1. The van der Waals surface area contributed by atoms with Gasteiger partial charge in [-0.2, -0.15) is 0 Å². The number of nitrogens with zero attached hydrogens (tertiary/aromatic N) is 2. The fourth-order valence-electron chi connectivity index (χ4n) is 1.52. The quantitative estimate of drug-likeness (QED) is 0.749. The van der Waals surface area contributed by atoms with Crippen molar-refractivity contribution >= 4 is 27.9 Å². The molecule has 0 aliphatic carbocycles. The van der Waals surface area contributed by atoms with Crippen molar-refractivity contribution < 1.29 is 0 Å². The molecule has 0 aliphatic heterocycles. The van der Waals surface area contributed by atoms with Crippen molar-refractivity contribution in [1.82, 2.24) is 9.38 Å². The average molecular weight is 243 g/mol. The highest BCUT2D eigenvalue weighted by molar-refractivity contribution is 7.15. The molecule has 2 aromatic heterocycles. The van der Waals surface area contributed by atoms with Gasteiger partial charge in [-0.05, 0) is 18.8 Å². The molecule has 1 atom stereocenters. The first-order valence-electron chi connectivity index (χ1n) is 5.22. The molecular weight excluding hydrogens is 228 g/mol. The minimum Gasteiger partial charge on any atom is -0.297 e. The van der Waals surface area contributed by atoms with Gasteiger partial charge in [-0.15, -0.1) is 22.9 Å². The molecule has 0 aliphatic rings. The van der Waals surface area contributed by atoms with Crippen LogP contribution >= 0.6 is 22.9 Å².